The third-order valence-electron chi connectivity index (χ3n) is 1.76. The lowest BCUT2D eigenvalue weighted by Gasteiger charge is -2.21. The number of carboxylic acids is 1. The maximum absolute atomic E-state index is 11.4. The molecule has 0 aromatic carbocycles. The third kappa shape index (κ3) is 8.66. The van der Waals surface area contributed by atoms with E-state index in [-0.39, 0.29) is 5.84 Å². The van der Waals surface area contributed by atoms with Crippen LogP contribution in [-0.2, 0) is 9.53 Å². The average molecular weight is 290 g/mol. The predicted octanol–water partition coefficient (Wildman–Crippen LogP) is -0.402. The number of nitrogens with two attached hydrogens (primary N) is 1. The Morgan fingerprint density at radius 3 is 2.45 bits per heavy atom. The van der Waals surface area contributed by atoms with Crippen LogP contribution < -0.4 is 11.1 Å². The van der Waals surface area contributed by atoms with Crippen LogP contribution in [0.3, 0.4) is 0 Å². The van der Waals surface area contributed by atoms with E-state index in [1.807, 2.05) is 0 Å². The topological polar surface area (TPSA) is 157 Å². The third-order valence-corrected chi connectivity index (χ3v) is 1.76. The zero-order valence-electron chi connectivity index (χ0n) is 11.5. The highest BCUT2D eigenvalue weighted by Crippen LogP contribution is 2.06. The second-order valence-corrected chi connectivity index (χ2v) is 4.86. The van der Waals surface area contributed by atoms with Gasteiger partial charge in [-0.1, -0.05) is 0 Å². The molecule has 0 bridgehead atoms. The average Bonchev–Trinajstić information content (AvgIpc) is 2.19. The lowest BCUT2D eigenvalue weighted by atomic mass is 10.2. The number of aliphatic imine (C=N–C) groups is 1. The van der Waals surface area contributed by atoms with Gasteiger partial charge in [0, 0.05) is 4.92 Å². The standard InChI is InChI=1S/C10H18N4O6/c1-10(2,3)20-9(17)13-6(8(15)16)4-12-7(11)5-14(18)19/h6H,4-5H2,1-3H3,(H2,11,12)(H,13,17)(H,15,16). The Morgan fingerprint density at radius 2 is 2.05 bits per heavy atom. The van der Waals surface area contributed by atoms with Crippen LogP contribution in [0.25, 0.3) is 0 Å². The summed E-state index contributed by atoms with van der Waals surface area (Å²) in [6, 6.07) is -1.38. The van der Waals surface area contributed by atoms with Gasteiger partial charge in [-0.2, -0.15) is 0 Å². The van der Waals surface area contributed by atoms with Gasteiger partial charge in [0.15, 0.2) is 5.84 Å². The fourth-order valence-corrected chi connectivity index (χ4v) is 1.03. The van der Waals surface area contributed by atoms with Crippen molar-refractivity contribution >= 4 is 17.9 Å². The molecule has 1 atom stereocenters. The first-order valence-electron chi connectivity index (χ1n) is 5.64. The van der Waals surface area contributed by atoms with E-state index in [1.54, 1.807) is 20.8 Å². The van der Waals surface area contributed by atoms with Gasteiger partial charge >= 0.3 is 12.1 Å². The van der Waals surface area contributed by atoms with E-state index in [1.165, 1.54) is 0 Å². The first-order valence-corrected chi connectivity index (χ1v) is 5.64. The minimum absolute atomic E-state index is 0.327. The first-order chi connectivity index (χ1) is 9.01. The molecule has 0 rings (SSSR count). The maximum atomic E-state index is 11.4. The monoisotopic (exact) mass is 290 g/mol. The summed E-state index contributed by atoms with van der Waals surface area (Å²) in [5.41, 5.74) is 4.45. The van der Waals surface area contributed by atoms with Crippen LogP contribution in [0.15, 0.2) is 4.99 Å². The molecule has 0 saturated heterocycles. The van der Waals surface area contributed by atoms with E-state index >= 15 is 0 Å². The Kier molecular flexibility index (Phi) is 6.39. The summed E-state index contributed by atoms with van der Waals surface area (Å²) in [6.07, 6.45) is -0.923. The Balaban J connectivity index is 4.56. The highest BCUT2D eigenvalue weighted by Gasteiger charge is 2.23. The van der Waals surface area contributed by atoms with E-state index in [2.05, 4.69) is 10.3 Å². The van der Waals surface area contributed by atoms with Crippen molar-refractivity contribution in [3.63, 3.8) is 0 Å². The molecule has 4 N–H and O–H groups in total. The van der Waals surface area contributed by atoms with Crippen LogP contribution in [0.1, 0.15) is 20.8 Å². The van der Waals surface area contributed by atoms with Crippen LogP contribution in [0.2, 0.25) is 0 Å². The van der Waals surface area contributed by atoms with Crippen LogP contribution >= 0.6 is 0 Å². The minimum atomic E-state index is -1.38. The number of nitrogens with zero attached hydrogens (tertiary/aromatic N) is 2. The number of amides is 1. The molecule has 1 amide bonds. The number of carbonyl (C=O) groups is 2. The number of ether oxygens (including phenoxy) is 1. The Bertz CT molecular complexity index is 414. The fraction of sp³-hybridized carbons (Fsp3) is 0.700. The van der Waals surface area contributed by atoms with Crippen molar-refractivity contribution in [1.29, 1.82) is 0 Å². The summed E-state index contributed by atoms with van der Waals surface area (Å²) in [4.78, 5) is 35.3. The number of alkyl carbamates (subject to hydrolysis) is 1. The van der Waals surface area contributed by atoms with Crippen molar-refractivity contribution in [2.45, 2.75) is 32.4 Å². The molecule has 0 fully saturated rings. The zero-order chi connectivity index (χ0) is 15.9. The number of nitro groups is 1. The molecule has 0 heterocycles. The van der Waals surface area contributed by atoms with Crippen LogP contribution in [0.4, 0.5) is 4.79 Å². The number of carboxylic acid groups (broad SMARTS) is 1. The Labute approximate surface area is 115 Å². The van der Waals surface area contributed by atoms with Gasteiger partial charge in [0.25, 0.3) is 6.54 Å². The molecule has 0 saturated carbocycles. The second kappa shape index (κ2) is 7.26. The van der Waals surface area contributed by atoms with E-state index in [9.17, 15) is 19.7 Å². The van der Waals surface area contributed by atoms with Gasteiger partial charge in [-0.05, 0) is 20.8 Å². The molecule has 0 aromatic rings. The molecule has 1 unspecified atom stereocenters. The van der Waals surface area contributed by atoms with Crippen LogP contribution in [0.5, 0.6) is 0 Å². The number of hydrogen-bond donors (Lipinski definition) is 3. The summed E-state index contributed by atoms with van der Waals surface area (Å²) in [5.74, 6) is -1.68. The molecule has 0 radical (unpaired) electrons. The molecule has 0 spiro atoms. The summed E-state index contributed by atoms with van der Waals surface area (Å²) >= 11 is 0. The van der Waals surface area contributed by atoms with Gasteiger partial charge < -0.3 is 20.9 Å². The highest BCUT2D eigenvalue weighted by molar-refractivity contribution is 5.83. The molecular weight excluding hydrogens is 272 g/mol. The normalized spacial score (nSPS) is 13.4. The van der Waals surface area contributed by atoms with Crippen LogP contribution in [0, 0.1) is 10.1 Å². The van der Waals surface area contributed by atoms with Crippen molar-refractivity contribution < 1.29 is 24.4 Å². The highest BCUT2D eigenvalue weighted by atomic mass is 16.6. The number of hydrogen-bond acceptors (Lipinski definition) is 6. The molecule has 20 heavy (non-hydrogen) atoms. The van der Waals surface area contributed by atoms with Crippen molar-refractivity contribution in [1.82, 2.24) is 5.32 Å². The molecule has 0 aliphatic carbocycles. The van der Waals surface area contributed by atoms with Crippen molar-refractivity contribution in [3.8, 4) is 0 Å². The lowest BCUT2D eigenvalue weighted by molar-refractivity contribution is -0.463. The van der Waals surface area contributed by atoms with Gasteiger partial charge in [-0.3, -0.25) is 15.1 Å². The molecular formula is C10H18N4O6. The van der Waals surface area contributed by atoms with Gasteiger partial charge in [0.2, 0.25) is 0 Å². The van der Waals surface area contributed by atoms with E-state index in [0.717, 1.165) is 0 Å². The quantitative estimate of drug-likeness (QED) is 0.260. The lowest BCUT2D eigenvalue weighted by Crippen LogP contribution is -2.45. The second-order valence-electron chi connectivity index (χ2n) is 4.86. The minimum Gasteiger partial charge on any atom is -0.480 e. The maximum Gasteiger partial charge on any atom is 0.408 e. The molecule has 10 heteroatoms. The van der Waals surface area contributed by atoms with Gasteiger partial charge in [-0.15, -0.1) is 0 Å². The molecule has 0 aliphatic heterocycles. The molecule has 0 aromatic heterocycles. The number of carbonyl (C=O) groups excluding carboxylic acids is 1. The van der Waals surface area contributed by atoms with Crippen LogP contribution in [-0.4, -0.2) is 52.7 Å². The number of nitrogens with one attached hydrogen (secondary N) is 1. The van der Waals surface area contributed by atoms with Crippen molar-refractivity contribution in [2.75, 3.05) is 13.1 Å². The van der Waals surface area contributed by atoms with Gasteiger partial charge in [0.1, 0.15) is 11.6 Å². The summed E-state index contributed by atoms with van der Waals surface area (Å²) < 4.78 is 4.89. The van der Waals surface area contributed by atoms with E-state index in [0.29, 0.717) is 0 Å². The Hall–Kier alpha value is -2.39. The Morgan fingerprint density at radius 1 is 1.50 bits per heavy atom. The number of amidine groups is 1. The fourth-order valence-electron chi connectivity index (χ4n) is 1.03. The number of aliphatic carboxylic acids is 1. The largest absolute Gasteiger partial charge is 0.480 e. The smallest absolute Gasteiger partial charge is 0.408 e. The molecule has 0 aliphatic rings. The molecule has 10 nitrogen and oxygen atoms in total. The first kappa shape index (κ1) is 17.6. The summed E-state index contributed by atoms with van der Waals surface area (Å²) in [6.45, 7) is 3.74. The number of rotatable bonds is 6. The van der Waals surface area contributed by atoms with Crippen molar-refractivity contribution in [3.05, 3.63) is 10.1 Å². The zero-order valence-corrected chi connectivity index (χ0v) is 11.5. The summed E-state index contributed by atoms with van der Waals surface area (Å²) in [7, 11) is 0. The SMILES string of the molecule is CC(C)(C)OC(=O)NC(CN=C(N)C[N+](=O)[O-])C(=O)O. The van der Waals surface area contributed by atoms with Crippen molar-refractivity contribution in [2.24, 2.45) is 10.7 Å². The summed E-state index contributed by atoms with van der Waals surface area (Å²) in [5, 5.41) is 21.2. The van der Waals surface area contributed by atoms with E-state index in [4.69, 9.17) is 15.6 Å². The van der Waals surface area contributed by atoms with E-state index < -0.39 is 41.7 Å². The predicted molar refractivity (Wildman–Crippen MR) is 69.1 cm³/mol. The van der Waals surface area contributed by atoms with Gasteiger partial charge in [0.05, 0.1) is 6.54 Å². The molecule has 114 valence electrons. The van der Waals surface area contributed by atoms with Gasteiger partial charge in [-0.25, -0.2) is 9.59 Å².